The molecule has 3 aromatic heterocycles. The molecule has 45 heavy (non-hydrogen) atoms. The number of carbonyl (C=O) groups is 1. The Morgan fingerprint density at radius 1 is 0.911 bits per heavy atom. The zero-order valence-corrected chi connectivity index (χ0v) is 28.5. The Morgan fingerprint density at radius 3 is 1.93 bits per heavy atom. The van der Waals surface area contributed by atoms with Crippen molar-refractivity contribution in [2.45, 2.75) is 99.8 Å². The lowest BCUT2D eigenvalue weighted by atomic mass is 10.1. The topological polar surface area (TPSA) is 120 Å². The van der Waals surface area contributed by atoms with Gasteiger partial charge in [0.05, 0.1) is 27.9 Å². The highest BCUT2D eigenvalue weighted by Gasteiger charge is 2.18. The highest BCUT2D eigenvalue weighted by molar-refractivity contribution is 7.89. The van der Waals surface area contributed by atoms with Crippen molar-refractivity contribution >= 4 is 50.0 Å². The van der Waals surface area contributed by atoms with Gasteiger partial charge < -0.3 is 9.47 Å². The summed E-state index contributed by atoms with van der Waals surface area (Å²) in [6.45, 7) is 16.8. The van der Waals surface area contributed by atoms with Crippen LogP contribution in [-0.2, 0) is 19.6 Å². The number of nitrogens with zero attached hydrogens (tertiary/aromatic N) is 3. The third kappa shape index (κ3) is 14.7. The van der Waals surface area contributed by atoms with Gasteiger partial charge in [-0.2, -0.15) is 0 Å². The fraction of sp³-hybridized carbons (Fsp3) is 0.455. The second kappa shape index (κ2) is 18.8. The van der Waals surface area contributed by atoms with Crippen LogP contribution in [0, 0.1) is 5.92 Å². The van der Waals surface area contributed by atoms with Crippen LogP contribution in [-0.4, -0.2) is 47.1 Å². The summed E-state index contributed by atoms with van der Waals surface area (Å²) in [5.74, 6) is 0.447. The average molecular weight is 681 g/mol. The summed E-state index contributed by atoms with van der Waals surface area (Å²) >= 11 is 7.18. The Labute approximate surface area is 278 Å². The van der Waals surface area contributed by atoms with Gasteiger partial charge in [-0.3, -0.25) is 4.79 Å². The molecule has 0 amide bonds. The first-order valence-corrected chi connectivity index (χ1v) is 16.6. The molecular weight excluding hydrogens is 632 g/mol. The summed E-state index contributed by atoms with van der Waals surface area (Å²) in [7, 11) is -3.45. The number of esters is 1. The number of thiophene rings is 1. The van der Waals surface area contributed by atoms with Crippen molar-refractivity contribution in [2.75, 3.05) is 0 Å². The van der Waals surface area contributed by atoms with E-state index >= 15 is 0 Å². The standard InChI is InChI=1S/C15H14N2OS.C8H11ClN2O2S.C8H16O2.2CH4/c1-10(2)18-15-14(13-8-5-9-19-13)16-11-6-3-4-7-12(11)17-15;1-6(2)11-14(12,13)7-3-4-8(9)10-5-7;1-6(2)7(9)10-8(3,4)5;;/h3-10H,1-2H3;3-6,11H,1-2H3;6H,1-5H3;2*1H4. The van der Waals surface area contributed by atoms with E-state index in [9.17, 15) is 13.2 Å². The Morgan fingerprint density at radius 2 is 1.51 bits per heavy atom. The maximum absolute atomic E-state index is 11.6. The van der Waals surface area contributed by atoms with Crippen LogP contribution in [0.4, 0.5) is 0 Å². The molecule has 9 nitrogen and oxygen atoms in total. The van der Waals surface area contributed by atoms with Gasteiger partial charge in [0.25, 0.3) is 0 Å². The summed E-state index contributed by atoms with van der Waals surface area (Å²) in [6.07, 6.45) is 1.31. The number of hydrogen-bond donors (Lipinski definition) is 1. The van der Waals surface area contributed by atoms with E-state index in [-0.39, 0.29) is 54.5 Å². The maximum Gasteiger partial charge on any atom is 0.308 e. The van der Waals surface area contributed by atoms with Crippen LogP contribution in [0.25, 0.3) is 21.6 Å². The number of aromatic nitrogens is 3. The SMILES string of the molecule is C.C.CC(C)C(=O)OC(C)(C)C.CC(C)NS(=O)(=O)c1ccc(Cl)nc1.CC(C)Oc1nc2ccccc2nc1-c1cccs1. The van der Waals surface area contributed by atoms with E-state index in [1.807, 2.05) is 90.2 Å². The van der Waals surface area contributed by atoms with E-state index in [0.717, 1.165) is 21.6 Å². The summed E-state index contributed by atoms with van der Waals surface area (Å²) in [5, 5.41) is 2.30. The summed E-state index contributed by atoms with van der Waals surface area (Å²) in [5.41, 5.74) is 2.23. The van der Waals surface area contributed by atoms with Gasteiger partial charge >= 0.3 is 5.97 Å². The third-order valence-corrected chi connectivity index (χ3v) is 7.66. The number of fused-ring (bicyclic) bond motifs is 1. The second-order valence-electron chi connectivity index (χ2n) is 11.3. The molecule has 0 aliphatic heterocycles. The first-order chi connectivity index (χ1) is 20.0. The van der Waals surface area contributed by atoms with Gasteiger partial charge in [0.15, 0.2) is 0 Å². The summed E-state index contributed by atoms with van der Waals surface area (Å²) in [6, 6.07) is 14.6. The first kappa shape index (κ1) is 41.9. The number of benzene rings is 1. The van der Waals surface area contributed by atoms with Crippen LogP contribution in [0.15, 0.2) is 65.0 Å². The quantitative estimate of drug-likeness (QED) is 0.152. The lowest BCUT2D eigenvalue weighted by Crippen LogP contribution is -2.30. The van der Waals surface area contributed by atoms with Gasteiger partial charge in [-0.1, -0.05) is 58.5 Å². The number of nitrogens with one attached hydrogen (secondary N) is 1. The zero-order chi connectivity index (χ0) is 32.4. The Bertz CT molecular complexity index is 1550. The number of hydrogen-bond acceptors (Lipinski definition) is 9. The maximum atomic E-state index is 11.6. The monoisotopic (exact) mass is 680 g/mol. The highest BCUT2D eigenvalue weighted by Crippen LogP contribution is 2.32. The van der Waals surface area contributed by atoms with E-state index in [0.29, 0.717) is 5.88 Å². The molecule has 0 spiro atoms. The molecule has 12 heteroatoms. The molecule has 0 atom stereocenters. The largest absolute Gasteiger partial charge is 0.473 e. The minimum Gasteiger partial charge on any atom is -0.473 e. The predicted molar refractivity (Wildman–Crippen MR) is 187 cm³/mol. The van der Waals surface area contributed by atoms with Crippen LogP contribution in [0.1, 0.15) is 77.2 Å². The lowest BCUT2D eigenvalue weighted by molar-refractivity contribution is -0.158. The van der Waals surface area contributed by atoms with Crippen LogP contribution >= 0.6 is 22.9 Å². The van der Waals surface area contributed by atoms with Gasteiger partial charge in [-0.25, -0.2) is 28.1 Å². The molecule has 0 bridgehead atoms. The number of para-hydroxylation sites is 2. The molecule has 4 aromatic rings. The molecule has 4 rings (SSSR count). The van der Waals surface area contributed by atoms with E-state index < -0.39 is 10.0 Å². The molecule has 0 unspecified atom stereocenters. The second-order valence-corrected chi connectivity index (χ2v) is 14.3. The van der Waals surface area contributed by atoms with Crippen molar-refractivity contribution in [3.05, 3.63) is 65.3 Å². The molecule has 0 radical (unpaired) electrons. The third-order valence-electron chi connectivity index (χ3n) is 4.92. The number of pyridine rings is 1. The normalized spacial score (nSPS) is 11.0. The fourth-order valence-electron chi connectivity index (χ4n) is 3.18. The van der Waals surface area contributed by atoms with E-state index in [4.69, 9.17) is 26.1 Å². The van der Waals surface area contributed by atoms with E-state index in [1.54, 1.807) is 25.2 Å². The molecule has 250 valence electrons. The predicted octanol–water partition coefficient (Wildman–Crippen LogP) is 8.82. The van der Waals surface area contributed by atoms with Crippen molar-refractivity contribution in [1.29, 1.82) is 0 Å². The Balaban J connectivity index is 0.000000667. The molecule has 0 aliphatic rings. The molecule has 1 aromatic carbocycles. The number of ether oxygens (including phenoxy) is 2. The summed E-state index contributed by atoms with van der Waals surface area (Å²) in [4.78, 5) is 25.1. The number of carbonyl (C=O) groups excluding carboxylic acids is 1. The zero-order valence-electron chi connectivity index (χ0n) is 26.1. The van der Waals surface area contributed by atoms with E-state index in [1.165, 1.54) is 18.3 Å². The molecule has 0 aliphatic carbocycles. The van der Waals surface area contributed by atoms with Gasteiger partial charge in [-0.15, -0.1) is 11.3 Å². The molecule has 0 saturated carbocycles. The first-order valence-electron chi connectivity index (χ1n) is 13.8. The van der Waals surface area contributed by atoms with Crippen molar-refractivity contribution in [3.8, 4) is 16.5 Å². The van der Waals surface area contributed by atoms with Crippen molar-refractivity contribution in [3.63, 3.8) is 0 Å². The van der Waals surface area contributed by atoms with Gasteiger partial charge in [-0.05, 0) is 84.2 Å². The smallest absolute Gasteiger partial charge is 0.308 e. The lowest BCUT2D eigenvalue weighted by Gasteiger charge is -2.20. The fourth-order valence-corrected chi connectivity index (χ4v) is 5.19. The van der Waals surface area contributed by atoms with Gasteiger partial charge in [0.1, 0.15) is 21.3 Å². The van der Waals surface area contributed by atoms with Crippen molar-refractivity contribution < 1.29 is 22.7 Å². The van der Waals surface area contributed by atoms with Crippen LogP contribution in [0.2, 0.25) is 5.15 Å². The van der Waals surface area contributed by atoms with Crippen LogP contribution < -0.4 is 9.46 Å². The molecular formula is C33H49ClN4O5S2. The number of sulfonamides is 1. The van der Waals surface area contributed by atoms with Crippen LogP contribution in [0.5, 0.6) is 5.88 Å². The average Bonchev–Trinajstić information content (AvgIpc) is 3.42. The highest BCUT2D eigenvalue weighted by atomic mass is 35.5. The van der Waals surface area contributed by atoms with Gasteiger partial charge in [0, 0.05) is 12.2 Å². The van der Waals surface area contributed by atoms with Crippen LogP contribution in [0.3, 0.4) is 0 Å². The minimum atomic E-state index is -3.45. The van der Waals surface area contributed by atoms with Crippen molar-refractivity contribution in [2.24, 2.45) is 5.92 Å². The Kier molecular flexibility index (Phi) is 17.5. The van der Waals surface area contributed by atoms with E-state index in [2.05, 4.69) is 14.7 Å². The van der Waals surface area contributed by atoms with Crippen molar-refractivity contribution in [1.82, 2.24) is 19.7 Å². The summed E-state index contributed by atoms with van der Waals surface area (Å²) < 4.78 is 36.4. The number of rotatable bonds is 7. The molecule has 0 fully saturated rings. The molecule has 1 N–H and O–H groups in total. The minimum absolute atomic E-state index is 0. The molecule has 3 heterocycles. The molecule has 0 saturated heterocycles. The number of halogens is 1. The Hall–Kier alpha value is -3.12. The van der Waals surface area contributed by atoms with Gasteiger partial charge in [0.2, 0.25) is 15.9 Å².